The maximum Gasteiger partial charge on any atom is 0.109 e. The monoisotopic (exact) mass is 332 g/mol. The number of aryl methyl sites for hydroxylation is 2. The van der Waals surface area contributed by atoms with Gasteiger partial charge in [0.05, 0.1) is 4.70 Å². The molecule has 0 fully saturated rings. The molecule has 0 radical (unpaired) electrons. The Bertz CT molecular complexity index is 667. The smallest absolute Gasteiger partial charge is 0.109 e. The molecule has 3 aromatic heterocycles. The Morgan fingerprint density at radius 3 is 1.86 bits per heavy atom. The minimum atomic E-state index is 1.05. The van der Waals surface area contributed by atoms with E-state index in [9.17, 15) is 0 Å². The van der Waals surface area contributed by atoms with Crippen LogP contribution in [-0.4, -0.2) is 9.59 Å². The minimum Gasteiger partial charge on any atom is -0.152 e. The van der Waals surface area contributed by atoms with Crippen LogP contribution in [0.3, 0.4) is 0 Å². The van der Waals surface area contributed by atoms with Gasteiger partial charge >= 0.3 is 0 Å². The second-order valence-electron chi connectivity index (χ2n) is 4.21. The van der Waals surface area contributed by atoms with Gasteiger partial charge in [-0.05, 0) is 64.1 Å². The molecule has 3 heterocycles. The van der Waals surface area contributed by atoms with E-state index in [1.54, 1.807) is 22.7 Å². The lowest BCUT2D eigenvalue weighted by atomic mass is 10.1. The predicted octanol–water partition coefficient (Wildman–Crippen LogP) is 5.80. The summed E-state index contributed by atoms with van der Waals surface area (Å²) >= 11 is 4.88. The Kier molecular flexibility index (Phi) is 6.53. The molecule has 5 heteroatoms. The first-order valence-corrected chi connectivity index (χ1v) is 9.07. The summed E-state index contributed by atoms with van der Waals surface area (Å²) < 4.78 is 5.07. The van der Waals surface area contributed by atoms with Gasteiger partial charge in [0, 0.05) is 0 Å². The van der Waals surface area contributed by atoms with E-state index in [0.29, 0.717) is 0 Å². The highest BCUT2D eigenvalue weighted by Crippen LogP contribution is 2.21. The fraction of sp³-hybridized carbons (Fsp3) is 0.125. The number of hydrogen-bond acceptors (Lipinski definition) is 5. The Morgan fingerprint density at radius 1 is 0.810 bits per heavy atom. The zero-order valence-electron chi connectivity index (χ0n) is 11.9. The number of benzene rings is 1. The van der Waals surface area contributed by atoms with Crippen molar-refractivity contribution in [1.82, 2.24) is 9.59 Å². The molecule has 1 aromatic carbocycles. The quantitative estimate of drug-likeness (QED) is 0.406. The van der Waals surface area contributed by atoms with E-state index in [1.165, 1.54) is 27.4 Å². The maximum atomic E-state index is 4.05. The topological polar surface area (TPSA) is 25.8 Å². The second-order valence-corrected chi connectivity index (χ2v) is 6.63. The molecule has 0 saturated carbocycles. The summed E-state index contributed by atoms with van der Waals surface area (Å²) in [4.78, 5) is 0. The SMILES string of the molecule is Cc1ccc2snnc2c1C.c1ccsc1.c1ccsc1. The molecule has 0 unspecified atom stereocenters. The average Bonchev–Trinajstić information content (AvgIpc) is 3.29. The Labute approximate surface area is 136 Å². The summed E-state index contributed by atoms with van der Waals surface area (Å²) in [6.07, 6.45) is 0. The molecular formula is C16H16N2S3. The predicted molar refractivity (Wildman–Crippen MR) is 95.5 cm³/mol. The molecule has 0 N–H and O–H groups in total. The van der Waals surface area contributed by atoms with Crippen LogP contribution in [0.2, 0.25) is 0 Å². The van der Waals surface area contributed by atoms with Crippen molar-refractivity contribution in [3.63, 3.8) is 0 Å². The summed E-state index contributed by atoms with van der Waals surface area (Å²) in [6.45, 7) is 4.17. The van der Waals surface area contributed by atoms with Gasteiger partial charge in [-0.2, -0.15) is 22.7 Å². The number of hydrogen-bond donors (Lipinski definition) is 0. The van der Waals surface area contributed by atoms with Crippen LogP contribution in [0.25, 0.3) is 10.2 Å². The molecule has 0 saturated heterocycles. The van der Waals surface area contributed by atoms with Crippen molar-refractivity contribution in [1.29, 1.82) is 0 Å². The molecule has 0 amide bonds. The summed E-state index contributed by atoms with van der Waals surface area (Å²) in [7, 11) is 0. The van der Waals surface area contributed by atoms with Gasteiger partial charge in [-0.1, -0.05) is 34.8 Å². The van der Waals surface area contributed by atoms with Crippen molar-refractivity contribution < 1.29 is 0 Å². The zero-order valence-corrected chi connectivity index (χ0v) is 14.3. The first kappa shape index (κ1) is 15.8. The van der Waals surface area contributed by atoms with Crippen LogP contribution >= 0.6 is 34.2 Å². The van der Waals surface area contributed by atoms with Gasteiger partial charge in [0.2, 0.25) is 0 Å². The van der Waals surface area contributed by atoms with Gasteiger partial charge in [0.1, 0.15) is 5.52 Å². The molecule has 4 rings (SSSR count). The molecule has 21 heavy (non-hydrogen) atoms. The third kappa shape index (κ3) is 5.04. The number of rotatable bonds is 0. The third-order valence-electron chi connectivity index (χ3n) is 2.80. The molecule has 0 bridgehead atoms. The molecule has 0 atom stereocenters. The van der Waals surface area contributed by atoms with Crippen LogP contribution in [0.1, 0.15) is 11.1 Å². The Morgan fingerprint density at radius 2 is 1.38 bits per heavy atom. The lowest BCUT2D eigenvalue weighted by Gasteiger charge is -1.96. The van der Waals surface area contributed by atoms with E-state index in [2.05, 4.69) is 35.6 Å². The van der Waals surface area contributed by atoms with Crippen molar-refractivity contribution in [2.75, 3.05) is 0 Å². The minimum absolute atomic E-state index is 1.05. The molecule has 0 spiro atoms. The van der Waals surface area contributed by atoms with Crippen molar-refractivity contribution >= 4 is 44.4 Å². The van der Waals surface area contributed by atoms with Crippen LogP contribution in [0.4, 0.5) is 0 Å². The standard InChI is InChI=1S/C8H8N2S.2C4H4S/c1-5-3-4-7-8(6(5)2)9-10-11-7;2*1-2-4-5-3-1/h3-4H,1-2H3;2*1-4H. The van der Waals surface area contributed by atoms with Crippen LogP contribution in [0.15, 0.2) is 57.9 Å². The van der Waals surface area contributed by atoms with Gasteiger partial charge in [-0.15, -0.1) is 5.10 Å². The van der Waals surface area contributed by atoms with Crippen molar-refractivity contribution in [2.45, 2.75) is 13.8 Å². The molecule has 0 aliphatic rings. The second kappa shape index (κ2) is 8.67. The van der Waals surface area contributed by atoms with E-state index >= 15 is 0 Å². The Balaban J connectivity index is 0.000000134. The van der Waals surface area contributed by atoms with E-state index in [1.807, 2.05) is 45.8 Å². The summed E-state index contributed by atoms with van der Waals surface area (Å²) in [5, 5.41) is 12.2. The zero-order chi connectivity index (χ0) is 14.9. The van der Waals surface area contributed by atoms with E-state index in [0.717, 1.165) is 5.52 Å². The Hall–Kier alpha value is -1.56. The third-order valence-corrected chi connectivity index (χ3v) is 4.74. The molecule has 4 aromatic rings. The molecule has 0 aliphatic carbocycles. The average molecular weight is 333 g/mol. The largest absolute Gasteiger partial charge is 0.152 e. The lowest BCUT2D eigenvalue weighted by Crippen LogP contribution is -1.81. The van der Waals surface area contributed by atoms with Crippen molar-refractivity contribution in [3.8, 4) is 0 Å². The number of aromatic nitrogens is 2. The van der Waals surface area contributed by atoms with Crippen LogP contribution in [0, 0.1) is 13.8 Å². The molecule has 0 aliphatic heterocycles. The van der Waals surface area contributed by atoms with Crippen molar-refractivity contribution in [3.05, 3.63) is 69.0 Å². The van der Waals surface area contributed by atoms with Gasteiger partial charge < -0.3 is 0 Å². The highest BCUT2D eigenvalue weighted by Gasteiger charge is 2.02. The lowest BCUT2D eigenvalue weighted by molar-refractivity contribution is 1.18. The number of fused-ring (bicyclic) bond motifs is 1. The maximum absolute atomic E-state index is 4.05. The van der Waals surface area contributed by atoms with Crippen LogP contribution in [0.5, 0.6) is 0 Å². The van der Waals surface area contributed by atoms with Crippen LogP contribution < -0.4 is 0 Å². The normalized spacial score (nSPS) is 9.43. The molecule has 2 nitrogen and oxygen atoms in total. The summed E-state index contributed by atoms with van der Waals surface area (Å²) in [6, 6.07) is 12.3. The molecular weight excluding hydrogens is 316 g/mol. The van der Waals surface area contributed by atoms with Crippen molar-refractivity contribution in [2.24, 2.45) is 0 Å². The van der Waals surface area contributed by atoms with Gasteiger partial charge in [0.25, 0.3) is 0 Å². The first-order valence-electron chi connectivity index (χ1n) is 6.41. The van der Waals surface area contributed by atoms with Gasteiger partial charge in [-0.25, -0.2) is 0 Å². The fourth-order valence-electron chi connectivity index (χ4n) is 1.53. The van der Waals surface area contributed by atoms with Crippen LogP contribution in [-0.2, 0) is 0 Å². The van der Waals surface area contributed by atoms with E-state index in [4.69, 9.17) is 0 Å². The highest BCUT2D eigenvalue weighted by molar-refractivity contribution is 7.13. The molecule has 108 valence electrons. The van der Waals surface area contributed by atoms with E-state index < -0.39 is 0 Å². The number of thiophene rings is 2. The fourth-order valence-corrected chi connectivity index (χ4v) is 3.06. The van der Waals surface area contributed by atoms with Gasteiger partial charge in [0.15, 0.2) is 0 Å². The highest BCUT2D eigenvalue weighted by atomic mass is 32.1. The van der Waals surface area contributed by atoms with E-state index in [-0.39, 0.29) is 0 Å². The van der Waals surface area contributed by atoms with Gasteiger partial charge in [-0.3, -0.25) is 0 Å². The summed E-state index contributed by atoms with van der Waals surface area (Å²) in [5.41, 5.74) is 3.58. The number of nitrogens with zero attached hydrogens (tertiary/aromatic N) is 2. The first-order chi connectivity index (χ1) is 10.3. The summed E-state index contributed by atoms with van der Waals surface area (Å²) in [5.74, 6) is 0.